The first-order chi connectivity index (χ1) is 15.5. The topological polar surface area (TPSA) is 75.4 Å². The first kappa shape index (κ1) is 22.0. The Kier molecular flexibility index (Phi) is 6.83. The molecule has 0 unspecified atom stereocenters. The molecule has 0 atom stereocenters. The molecule has 1 heterocycles. The minimum atomic E-state index is -1.09. The van der Waals surface area contributed by atoms with Crippen molar-refractivity contribution in [3.05, 3.63) is 65.7 Å². The van der Waals surface area contributed by atoms with Crippen LogP contribution in [-0.4, -0.2) is 38.0 Å². The van der Waals surface area contributed by atoms with Gasteiger partial charge in [-0.2, -0.15) is 0 Å². The fourth-order valence-corrected chi connectivity index (χ4v) is 4.62. The molecule has 1 aliphatic carbocycles. The lowest BCUT2D eigenvalue weighted by Crippen LogP contribution is -2.35. The lowest BCUT2D eigenvalue weighted by Gasteiger charge is -2.24. The Bertz CT molecular complexity index is 1100. The summed E-state index contributed by atoms with van der Waals surface area (Å²) < 4.78 is 15.7. The second kappa shape index (κ2) is 9.94. The Labute approximate surface area is 186 Å². The predicted octanol–water partition coefficient (Wildman–Crippen LogP) is 4.73. The van der Waals surface area contributed by atoms with Crippen LogP contribution in [0.3, 0.4) is 0 Å². The number of para-hydroxylation sites is 2. The van der Waals surface area contributed by atoms with E-state index in [2.05, 4.69) is 4.57 Å². The SMILES string of the molecule is O=C(O)CN(Cc1cccc(F)c1)C(=O)CCn1c(C2CCCCC2)nc2ccccc21. The van der Waals surface area contributed by atoms with Crippen LogP contribution in [0.4, 0.5) is 4.39 Å². The van der Waals surface area contributed by atoms with Crippen LogP contribution < -0.4 is 0 Å². The van der Waals surface area contributed by atoms with Crippen LogP contribution >= 0.6 is 0 Å². The molecule has 0 aliphatic heterocycles. The van der Waals surface area contributed by atoms with E-state index in [1.165, 1.54) is 36.3 Å². The molecule has 32 heavy (non-hydrogen) atoms. The van der Waals surface area contributed by atoms with E-state index in [1.54, 1.807) is 12.1 Å². The average molecular weight is 438 g/mol. The maximum absolute atomic E-state index is 13.6. The summed E-state index contributed by atoms with van der Waals surface area (Å²) >= 11 is 0. The van der Waals surface area contributed by atoms with E-state index < -0.39 is 18.3 Å². The van der Waals surface area contributed by atoms with Crippen molar-refractivity contribution in [2.75, 3.05) is 6.54 Å². The number of nitrogens with zero attached hydrogens (tertiary/aromatic N) is 3. The minimum absolute atomic E-state index is 0.0586. The number of carboxylic acids is 1. The van der Waals surface area contributed by atoms with Gasteiger partial charge in [-0.25, -0.2) is 9.37 Å². The Morgan fingerprint density at radius 1 is 1.09 bits per heavy atom. The molecule has 6 nitrogen and oxygen atoms in total. The van der Waals surface area contributed by atoms with Crippen molar-refractivity contribution in [2.24, 2.45) is 0 Å². The number of halogens is 1. The van der Waals surface area contributed by atoms with Crippen molar-refractivity contribution in [2.45, 2.75) is 57.5 Å². The molecule has 0 spiro atoms. The molecule has 1 aliphatic rings. The zero-order valence-corrected chi connectivity index (χ0v) is 18.0. The summed E-state index contributed by atoms with van der Waals surface area (Å²) in [5.41, 5.74) is 2.48. The largest absolute Gasteiger partial charge is 0.480 e. The number of aliphatic carboxylic acids is 1. The molecular formula is C25H28FN3O3. The van der Waals surface area contributed by atoms with Crippen LogP contribution in [-0.2, 0) is 22.7 Å². The number of amides is 1. The zero-order valence-electron chi connectivity index (χ0n) is 18.0. The van der Waals surface area contributed by atoms with E-state index in [9.17, 15) is 19.1 Å². The molecule has 1 amide bonds. The first-order valence-electron chi connectivity index (χ1n) is 11.2. The van der Waals surface area contributed by atoms with Gasteiger partial charge in [-0.3, -0.25) is 9.59 Å². The van der Waals surface area contributed by atoms with Crippen LogP contribution in [0.25, 0.3) is 11.0 Å². The Hall–Kier alpha value is -3.22. The van der Waals surface area contributed by atoms with Crippen molar-refractivity contribution in [1.29, 1.82) is 0 Å². The summed E-state index contributed by atoms with van der Waals surface area (Å²) in [5.74, 6) is -0.371. The van der Waals surface area contributed by atoms with E-state index in [-0.39, 0.29) is 18.9 Å². The molecule has 3 aromatic rings. The molecule has 4 rings (SSSR count). The molecule has 0 saturated heterocycles. The van der Waals surface area contributed by atoms with Crippen molar-refractivity contribution >= 4 is 22.9 Å². The molecule has 1 N–H and O–H groups in total. The van der Waals surface area contributed by atoms with Gasteiger partial charge in [0.05, 0.1) is 11.0 Å². The number of carbonyl (C=O) groups is 2. The highest BCUT2D eigenvalue weighted by atomic mass is 19.1. The van der Waals surface area contributed by atoms with Gasteiger partial charge in [0.2, 0.25) is 5.91 Å². The number of imidazole rings is 1. The van der Waals surface area contributed by atoms with Gasteiger partial charge in [-0.1, -0.05) is 43.5 Å². The molecule has 1 aromatic heterocycles. The van der Waals surface area contributed by atoms with E-state index >= 15 is 0 Å². The summed E-state index contributed by atoms with van der Waals surface area (Å²) in [6.45, 7) is 0.0724. The minimum Gasteiger partial charge on any atom is -0.480 e. The molecule has 1 saturated carbocycles. The number of aryl methyl sites for hydroxylation is 1. The van der Waals surface area contributed by atoms with E-state index in [1.807, 2.05) is 24.3 Å². The van der Waals surface area contributed by atoms with Crippen LogP contribution in [0.1, 0.15) is 55.8 Å². The van der Waals surface area contributed by atoms with Crippen molar-refractivity contribution in [1.82, 2.24) is 14.5 Å². The van der Waals surface area contributed by atoms with Gasteiger partial charge in [0.25, 0.3) is 0 Å². The number of carbonyl (C=O) groups excluding carboxylic acids is 1. The Morgan fingerprint density at radius 2 is 1.88 bits per heavy atom. The number of carboxylic acid groups (broad SMARTS) is 1. The molecule has 0 radical (unpaired) electrons. The van der Waals surface area contributed by atoms with Gasteiger partial charge in [0.15, 0.2) is 0 Å². The third-order valence-corrected chi connectivity index (χ3v) is 6.14. The molecule has 1 fully saturated rings. The fraction of sp³-hybridized carbons (Fsp3) is 0.400. The summed E-state index contributed by atoms with van der Waals surface area (Å²) in [5, 5.41) is 9.29. The number of hydrogen-bond donors (Lipinski definition) is 1. The van der Waals surface area contributed by atoms with E-state index in [0.717, 1.165) is 29.7 Å². The third-order valence-electron chi connectivity index (χ3n) is 6.14. The molecule has 0 bridgehead atoms. The number of aromatic nitrogens is 2. The van der Waals surface area contributed by atoms with Gasteiger partial charge in [-0.15, -0.1) is 0 Å². The quantitative estimate of drug-likeness (QED) is 0.553. The van der Waals surface area contributed by atoms with E-state index in [0.29, 0.717) is 18.0 Å². The second-order valence-corrected chi connectivity index (χ2v) is 8.47. The lowest BCUT2D eigenvalue weighted by atomic mass is 9.88. The molecule has 2 aromatic carbocycles. The highest BCUT2D eigenvalue weighted by Gasteiger charge is 2.24. The normalized spacial score (nSPS) is 14.5. The zero-order chi connectivity index (χ0) is 22.5. The third kappa shape index (κ3) is 5.15. The Balaban J connectivity index is 1.54. The maximum Gasteiger partial charge on any atom is 0.323 e. The molecule has 7 heteroatoms. The number of hydrogen-bond acceptors (Lipinski definition) is 3. The van der Waals surface area contributed by atoms with Gasteiger partial charge < -0.3 is 14.6 Å². The number of rotatable bonds is 8. The Morgan fingerprint density at radius 3 is 2.62 bits per heavy atom. The van der Waals surface area contributed by atoms with Gasteiger partial charge in [0.1, 0.15) is 18.2 Å². The summed E-state index contributed by atoms with van der Waals surface area (Å²) in [6.07, 6.45) is 5.98. The van der Waals surface area contributed by atoms with Gasteiger partial charge in [-0.05, 0) is 42.7 Å². The summed E-state index contributed by atoms with van der Waals surface area (Å²) in [6, 6.07) is 13.8. The lowest BCUT2D eigenvalue weighted by molar-refractivity contribution is -0.145. The molecule has 168 valence electrons. The van der Waals surface area contributed by atoms with Gasteiger partial charge >= 0.3 is 5.97 Å². The van der Waals surface area contributed by atoms with Crippen LogP contribution in [0.15, 0.2) is 48.5 Å². The van der Waals surface area contributed by atoms with Crippen molar-refractivity contribution in [3.8, 4) is 0 Å². The fourth-order valence-electron chi connectivity index (χ4n) is 4.62. The maximum atomic E-state index is 13.6. The highest BCUT2D eigenvalue weighted by Crippen LogP contribution is 2.34. The van der Waals surface area contributed by atoms with Crippen LogP contribution in [0, 0.1) is 5.82 Å². The predicted molar refractivity (Wildman–Crippen MR) is 120 cm³/mol. The number of fused-ring (bicyclic) bond motifs is 1. The van der Waals surface area contributed by atoms with Gasteiger partial charge in [0, 0.05) is 25.4 Å². The standard InChI is InChI=1S/C25H28FN3O3/c26-20-10-6-7-18(15-20)16-28(17-24(31)32)23(30)13-14-29-22-12-5-4-11-21(22)27-25(29)19-8-2-1-3-9-19/h4-7,10-12,15,19H,1-3,8-9,13-14,16-17H2,(H,31,32). The highest BCUT2D eigenvalue weighted by molar-refractivity contribution is 5.82. The monoisotopic (exact) mass is 437 g/mol. The first-order valence-corrected chi connectivity index (χ1v) is 11.2. The number of benzene rings is 2. The molecular weight excluding hydrogens is 409 g/mol. The second-order valence-electron chi connectivity index (χ2n) is 8.47. The van der Waals surface area contributed by atoms with Crippen molar-refractivity contribution < 1.29 is 19.1 Å². The smallest absolute Gasteiger partial charge is 0.323 e. The van der Waals surface area contributed by atoms with Crippen molar-refractivity contribution in [3.63, 3.8) is 0 Å². The van der Waals surface area contributed by atoms with Crippen LogP contribution in [0.5, 0.6) is 0 Å². The summed E-state index contributed by atoms with van der Waals surface area (Å²) in [7, 11) is 0. The summed E-state index contributed by atoms with van der Waals surface area (Å²) in [4.78, 5) is 30.5. The van der Waals surface area contributed by atoms with Crippen LogP contribution in [0.2, 0.25) is 0 Å². The van der Waals surface area contributed by atoms with E-state index in [4.69, 9.17) is 4.98 Å². The average Bonchev–Trinajstić information content (AvgIpc) is 3.16.